The van der Waals surface area contributed by atoms with Crippen LogP contribution >= 0.6 is 34.5 Å². The molecule has 2 heterocycles. The van der Waals surface area contributed by atoms with Crippen molar-refractivity contribution in [1.82, 2.24) is 9.78 Å². The van der Waals surface area contributed by atoms with Crippen molar-refractivity contribution in [1.29, 1.82) is 0 Å². The summed E-state index contributed by atoms with van der Waals surface area (Å²) in [5, 5.41) is 7.69. The maximum Gasteiger partial charge on any atom is 0.0870 e. The lowest BCUT2D eigenvalue weighted by Gasteiger charge is -2.09. The molecular weight excluding hydrogens is 299 g/mol. The van der Waals surface area contributed by atoms with Crippen LogP contribution in [0.2, 0.25) is 10.0 Å². The van der Waals surface area contributed by atoms with Gasteiger partial charge in [-0.2, -0.15) is 5.10 Å². The van der Waals surface area contributed by atoms with Crippen LogP contribution in [0.4, 0.5) is 0 Å². The molecule has 0 aliphatic rings. The quantitative estimate of drug-likeness (QED) is 0.635. The summed E-state index contributed by atoms with van der Waals surface area (Å²) in [6, 6.07) is 9.54. The van der Waals surface area contributed by atoms with Gasteiger partial charge in [-0.25, -0.2) is 4.68 Å². The summed E-state index contributed by atoms with van der Waals surface area (Å²) in [4.78, 5) is 1.17. The van der Waals surface area contributed by atoms with Crippen molar-refractivity contribution in [3.05, 3.63) is 57.5 Å². The first-order chi connectivity index (χ1) is 9.16. The second kappa shape index (κ2) is 5.00. The van der Waals surface area contributed by atoms with E-state index in [4.69, 9.17) is 23.2 Å². The van der Waals surface area contributed by atoms with E-state index in [0.717, 1.165) is 16.9 Å². The molecule has 19 heavy (non-hydrogen) atoms. The van der Waals surface area contributed by atoms with E-state index in [0.29, 0.717) is 10.0 Å². The summed E-state index contributed by atoms with van der Waals surface area (Å²) in [5.74, 6) is 0. The molecule has 1 aromatic carbocycles. The summed E-state index contributed by atoms with van der Waals surface area (Å²) < 4.78 is 1.86. The Kier molecular flexibility index (Phi) is 3.35. The Labute approximate surface area is 125 Å². The highest BCUT2D eigenvalue weighted by molar-refractivity contribution is 7.13. The van der Waals surface area contributed by atoms with Crippen molar-refractivity contribution in [3.8, 4) is 16.3 Å². The number of nitrogens with zero attached hydrogens (tertiary/aromatic N) is 2. The first-order valence-corrected chi connectivity index (χ1v) is 7.34. The third kappa shape index (κ3) is 2.29. The Morgan fingerprint density at radius 1 is 1.21 bits per heavy atom. The van der Waals surface area contributed by atoms with Gasteiger partial charge in [0.05, 0.1) is 27.5 Å². The molecule has 2 aromatic heterocycles. The Bertz CT molecular complexity index is 717. The highest BCUT2D eigenvalue weighted by atomic mass is 35.5. The fraction of sp³-hybridized carbons (Fsp3) is 0.0714. The minimum atomic E-state index is 0.591. The molecule has 0 N–H and O–H groups in total. The predicted octanol–water partition coefficient (Wildman–Crippen LogP) is 5.22. The highest BCUT2D eigenvalue weighted by Gasteiger charge is 2.14. The Balaban J connectivity index is 2.21. The van der Waals surface area contributed by atoms with Crippen molar-refractivity contribution in [2.45, 2.75) is 6.92 Å². The lowest BCUT2D eigenvalue weighted by Crippen LogP contribution is -1.99. The topological polar surface area (TPSA) is 17.8 Å². The average molecular weight is 309 g/mol. The average Bonchev–Trinajstić information content (AvgIpc) is 2.98. The van der Waals surface area contributed by atoms with Crippen LogP contribution in [0.25, 0.3) is 16.3 Å². The van der Waals surface area contributed by atoms with Gasteiger partial charge in [0.15, 0.2) is 0 Å². The smallest absolute Gasteiger partial charge is 0.0870 e. The monoisotopic (exact) mass is 308 g/mol. The number of hydrogen-bond acceptors (Lipinski definition) is 2. The first-order valence-electron chi connectivity index (χ1n) is 5.71. The number of halogens is 2. The van der Waals surface area contributed by atoms with Gasteiger partial charge in [-0.1, -0.05) is 29.3 Å². The molecule has 0 spiro atoms. The van der Waals surface area contributed by atoms with Gasteiger partial charge in [0.25, 0.3) is 0 Å². The lowest BCUT2D eigenvalue weighted by molar-refractivity contribution is 0.890. The number of aromatic nitrogens is 2. The van der Waals surface area contributed by atoms with Crippen molar-refractivity contribution in [2.75, 3.05) is 0 Å². The minimum absolute atomic E-state index is 0.591. The van der Waals surface area contributed by atoms with Crippen LogP contribution in [0.3, 0.4) is 0 Å². The van der Waals surface area contributed by atoms with Crippen LogP contribution in [0.1, 0.15) is 5.56 Å². The van der Waals surface area contributed by atoms with Crippen molar-refractivity contribution in [2.24, 2.45) is 0 Å². The molecule has 2 nitrogen and oxygen atoms in total. The standard InChI is InChI=1S/C14H10Cl2N2S/c1-9-8-17-18(14(9)13-3-2-6-19-13)12-5-4-10(15)7-11(12)16/h2-8H,1H3. The van der Waals surface area contributed by atoms with Crippen LogP contribution < -0.4 is 0 Å². The molecular formula is C14H10Cl2N2S. The second-order valence-corrected chi connectivity index (χ2v) is 5.95. The van der Waals surface area contributed by atoms with E-state index in [-0.39, 0.29) is 0 Å². The van der Waals surface area contributed by atoms with Gasteiger partial charge >= 0.3 is 0 Å². The summed E-state index contributed by atoms with van der Waals surface area (Å²) in [7, 11) is 0. The highest BCUT2D eigenvalue weighted by Crippen LogP contribution is 2.32. The third-order valence-corrected chi connectivity index (χ3v) is 4.26. The third-order valence-electron chi connectivity index (χ3n) is 2.84. The molecule has 0 saturated carbocycles. The maximum atomic E-state index is 6.26. The van der Waals surface area contributed by atoms with Gasteiger partial charge in [-0.3, -0.25) is 0 Å². The molecule has 5 heteroatoms. The Morgan fingerprint density at radius 3 is 2.74 bits per heavy atom. The normalized spacial score (nSPS) is 10.9. The van der Waals surface area contributed by atoms with E-state index >= 15 is 0 Å². The Hall–Kier alpha value is -1.29. The zero-order valence-corrected chi connectivity index (χ0v) is 12.4. The van der Waals surface area contributed by atoms with Crippen LogP contribution in [-0.4, -0.2) is 9.78 Å². The molecule has 0 atom stereocenters. The van der Waals surface area contributed by atoms with E-state index in [1.54, 1.807) is 17.4 Å². The number of aryl methyl sites for hydroxylation is 1. The Morgan fingerprint density at radius 2 is 2.05 bits per heavy atom. The van der Waals surface area contributed by atoms with Gasteiger partial charge in [0, 0.05) is 5.02 Å². The number of benzene rings is 1. The van der Waals surface area contributed by atoms with Crippen molar-refractivity contribution >= 4 is 34.5 Å². The van der Waals surface area contributed by atoms with Crippen LogP contribution in [0.15, 0.2) is 41.9 Å². The zero-order valence-electron chi connectivity index (χ0n) is 10.1. The molecule has 0 bridgehead atoms. The predicted molar refractivity (Wildman–Crippen MR) is 81.6 cm³/mol. The summed E-state index contributed by atoms with van der Waals surface area (Å²) in [6.07, 6.45) is 1.85. The second-order valence-electron chi connectivity index (χ2n) is 4.16. The van der Waals surface area contributed by atoms with Crippen LogP contribution in [-0.2, 0) is 0 Å². The SMILES string of the molecule is Cc1cnn(-c2ccc(Cl)cc2Cl)c1-c1cccs1. The van der Waals surface area contributed by atoms with Gasteiger partial charge in [0.2, 0.25) is 0 Å². The van der Waals surface area contributed by atoms with Crippen LogP contribution in [0.5, 0.6) is 0 Å². The van der Waals surface area contributed by atoms with Crippen molar-refractivity contribution < 1.29 is 0 Å². The molecule has 0 radical (unpaired) electrons. The molecule has 0 fully saturated rings. The van der Waals surface area contributed by atoms with E-state index < -0.39 is 0 Å². The molecule has 0 saturated heterocycles. The van der Waals surface area contributed by atoms with Crippen LogP contribution in [0, 0.1) is 6.92 Å². The molecule has 96 valence electrons. The molecule has 0 unspecified atom stereocenters. The minimum Gasteiger partial charge on any atom is -0.230 e. The van der Waals surface area contributed by atoms with E-state index in [2.05, 4.69) is 16.5 Å². The lowest BCUT2D eigenvalue weighted by atomic mass is 10.2. The fourth-order valence-electron chi connectivity index (χ4n) is 1.98. The van der Waals surface area contributed by atoms with E-state index in [9.17, 15) is 0 Å². The first kappa shape index (κ1) is 12.7. The number of rotatable bonds is 2. The molecule has 0 amide bonds. The molecule has 3 rings (SSSR count). The van der Waals surface area contributed by atoms with Crippen molar-refractivity contribution in [3.63, 3.8) is 0 Å². The largest absolute Gasteiger partial charge is 0.230 e. The fourth-order valence-corrected chi connectivity index (χ4v) is 3.29. The zero-order chi connectivity index (χ0) is 13.4. The number of hydrogen-bond donors (Lipinski definition) is 0. The van der Waals surface area contributed by atoms with Gasteiger partial charge < -0.3 is 0 Å². The van der Waals surface area contributed by atoms with E-state index in [1.807, 2.05) is 36.0 Å². The van der Waals surface area contributed by atoms with Gasteiger partial charge in [-0.05, 0) is 42.1 Å². The van der Waals surface area contributed by atoms with Gasteiger partial charge in [0.1, 0.15) is 0 Å². The summed E-state index contributed by atoms with van der Waals surface area (Å²) in [6.45, 7) is 2.04. The summed E-state index contributed by atoms with van der Waals surface area (Å²) in [5.41, 5.74) is 3.02. The summed E-state index contributed by atoms with van der Waals surface area (Å²) >= 11 is 13.9. The molecule has 3 aromatic rings. The van der Waals surface area contributed by atoms with E-state index in [1.165, 1.54) is 4.88 Å². The van der Waals surface area contributed by atoms with Gasteiger partial charge in [-0.15, -0.1) is 11.3 Å². The molecule has 0 aliphatic heterocycles. The molecule has 0 aliphatic carbocycles. The maximum absolute atomic E-state index is 6.26. The number of thiophene rings is 1.